The van der Waals surface area contributed by atoms with Crippen molar-refractivity contribution in [2.24, 2.45) is 0 Å². The van der Waals surface area contributed by atoms with Gasteiger partial charge in [0.2, 0.25) is 10.0 Å². The van der Waals surface area contributed by atoms with Gasteiger partial charge in [-0.25, -0.2) is 8.42 Å². The summed E-state index contributed by atoms with van der Waals surface area (Å²) in [5.74, 6) is 0. The molecule has 1 aromatic carbocycles. The summed E-state index contributed by atoms with van der Waals surface area (Å²) < 4.78 is 32.7. The van der Waals surface area contributed by atoms with Gasteiger partial charge in [-0.15, -0.1) is 0 Å². The molecule has 0 N–H and O–H groups in total. The second-order valence-corrected chi connectivity index (χ2v) is 8.31. The molecule has 1 aromatic rings. The molecule has 1 saturated heterocycles. The van der Waals surface area contributed by atoms with E-state index in [-0.39, 0.29) is 11.4 Å². The summed E-state index contributed by atoms with van der Waals surface area (Å²) in [6, 6.07) is 7.47. The molecule has 1 saturated carbocycles. The maximum absolute atomic E-state index is 12.7. The molecular formula is C15H20ClNO3S. The normalized spacial score (nSPS) is 25.3. The monoisotopic (exact) mass is 329 g/mol. The number of halogens is 1. The van der Waals surface area contributed by atoms with Gasteiger partial charge in [0, 0.05) is 23.7 Å². The molecule has 0 radical (unpaired) electrons. The fourth-order valence-electron chi connectivity index (χ4n) is 3.18. The van der Waals surface area contributed by atoms with Gasteiger partial charge in [-0.05, 0) is 18.9 Å². The molecule has 6 heteroatoms. The number of hydrogen-bond donors (Lipinski definition) is 0. The van der Waals surface area contributed by atoms with Gasteiger partial charge in [-0.1, -0.05) is 42.6 Å². The quantitative estimate of drug-likeness (QED) is 0.856. The van der Waals surface area contributed by atoms with Crippen LogP contribution in [0.5, 0.6) is 0 Å². The van der Waals surface area contributed by atoms with Crippen LogP contribution in [-0.2, 0) is 14.8 Å². The third-order valence-electron chi connectivity index (χ3n) is 4.36. The van der Waals surface area contributed by atoms with E-state index in [0.717, 1.165) is 31.2 Å². The molecule has 1 aliphatic carbocycles. The Kier molecular flexibility index (Phi) is 4.54. The highest BCUT2D eigenvalue weighted by Gasteiger charge is 2.37. The smallest absolute Gasteiger partial charge is 0.217 e. The van der Waals surface area contributed by atoms with Gasteiger partial charge >= 0.3 is 0 Å². The molecule has 0 bridgehead atoms. The van der Waals surface area contributed by atoms with Crippen molar-refractivity contribution in [3.63, 3.8) is 0 Å². The van der Waals surface area contributed by atoms with E-state index in [1.807, 2.05) is 24.3 Å². The second-order valence-electron chi connectivity index (χ2n) is 5.69. The Labute approximate surface area is 131 Å². The van der Waals surface area contributed by atoms with Crippen molar-refractivity contribution in [3.05, 3.63) is 34.9 Å². The number of hydrogen-bond acceptors (Lipinski definition) is 3. The average molecular weight is 330 g/mol. The molecule has 21 heavy (non-hydrogen) atoms. The first-order valence-electron chi connectivity index (χ1n) is 7.44. The predicted octanol–water partition coefficient (Wildman–Crippen LogP) is 2.99. The largest absolute Gasteiger partial charge is 0.371 e. The van der Waals surface area contributed by atoms with Crippen molar-refractivity contribution in [2.75, 3.05) is 19.7 Å². The average Bonchev–Trinajstić information content (AvgIpc) is 3.03. The Balaban J connectivity index is 1.78. The van der Waals surface area contributed by atoms with Crippen LogP contribution in [0.25, 0.3) is 0 Å². The SMILES string of the molecule is O=S(=O)(C1CCCC1)N1CCOC(c2ccccc2Cl)C1. The predicted molar refractivity (Wildman–Crippen MR) is 82.9 cm³/mol. The third-order valence-corrected chi connectivity index (χ3v) is 7.07. The molecule has 0 amide bonds. The minimum atomic E-state index is -3.21. The lowest BCUT2D eigenvalue weighted by Crippen LogP contribution is -2.45. The van der Waals surface area contributed by atoms with Gasteiger partial charge in [0.25, 0.3) is 0 Å². The van der Waals surface area contributed by atoms with Gasteiger partial charge in [0.1, 0.15) is 0 Å². The first-order valence-corrected chi connectivity index (χ1v) is 9.32. The minimum absolute atomic E-state index is 0.206. The zero-order chi connectivity index (χ0) is 14.9. The molecule has 4 nitrogen and oxygen atoms in total. The molecule has 1 unspecified atom stereocenters. The summed E-state index contributed by atoms with van der Waals surface area (Å²) in [6.45, 7) is 1.23. The fourth-order valence-corrected chi connectivity index (χ4v) is 5.46. The lowest BCUT2D eigenvalue weighted by atomic mass is 10.1. The summed E-state index contributed by atoms with van der Waals surface area (Å²) in [5, 5.41) is 0.421. The van der Waals surface area contributed by atoms with Gasteiger partial charge in [0.05, 0.1) is 18.0 Å². The number of ether oxygens (including phenoxy) is 1. The van der Waals surface area contributed by atoms with Crippen molar-refractivity contribution in [1.29, 1.82) is 0 Å². The molecule has 1 aliphatic heterocycles. The minimum Gasteiger partial charge on any atom is -0.371 e. The van der Waals surface area contributed by atoms with Gasteiger partial charge < -0.3 is 4.74 Å². The summed E-state index contributed by atoms with van der Waals surface area (Å²) in [4.78, 5) is 0. The molecule has 116 valence electrons. The molecule has 1 atom stereocenters. The maximum atomic E-state index is 12.7. The van der Waals surface area contributed by atoms with Gasteiger partial charge in [0.15, 0.2) is 0 Å². The second kappa shape index (κ2) is 6.24. The lowest BCUT2D eigenvalue weighted by molar-refractivity contribution is -0.00277. The van der Waals surface area contributed by atoms with Crippen molar-refractivity contribution in [1.82, 2.24) is 4.31 Å². The molecule has 0 spiro atoms. The van der Waals surface area contributed by atoms with Crippen LogP contribution in [0.2, 0.25) is 5.02 Å². The van der Waals surface area contributed by atoms with Crippen LogP contribution in [0, 0.1) is 0 Å². The molecular weight excluding hydrogens is 310 g/mol. The Morgan fingerprint density at radius 3 is 2.62 bits per heavy atom. The Morgan fingerprint density at radius 1 is 1.19 bits per heavy atom. The standard InChI is InChI=1S/C15H20ClNO3S/c16-14-8-4-3-7-13(14)15-11-17(9-10-20-15)21(18,19)12-5-1-2-6-12/h3-4,7-8,12,15H,1-2,5-6,9-11H2. The van der Waals surface area contributed by atoms with Crippen molar-refractivity contribution in [2.45, 2.75) is 37.0 Å². The lowest BCUT2D eigenvalue weighted by Gasteiger charge is -2.34. The topological polar surface area (TPSA) is 46.6 Å². The van der Waals surface area contributed by atoms with E-state index in [2.05, 4.69) is 0 Å². The zero-order valence-electron chi connectivity index (χ0n) is 11.9. The molecule has 0 aromatic heterocycles. The highest BCUT2D eigenvalue weighted by molar-refractivity contribution is 7.89. The molecule has 2 aliphatic rings. The number of morpholine rings is 1. The summed E-state index contributed by atoms with van der Waals surface area (Å²) in [6.07, 6.45) is 3.33. The van der Waals surface area contributed by atoms with Crippen LogP contribution in [-0.4, -0.2) is 37.7 Å². The van der Waals surface area contributed by atoms with Crippen LogP contribution in [0.3, 0.4) is 0 Å². The Hall–Kier alpha value is -0.620. The van der Waals surface area contributed by atoms with Gasteiger partial charge in [-0.2, -0.15) is 4.31 Å². The van der Waals surface area contributed by atoms with E-state index >= 15 is 0 Å². The van der Waals surface area contributed by atoms with E-state index in [1.165, 1.54) is 0 Å². The Morgan fingerprint density at radius 2 is 1.90 bits per heavy atom. The van der Waals surface area contributed by atoms with Crippen LogP contribution < -0.4 is 0 Å². The third kappa shape index (κ3) is 3.11. The zero-order valence-corrected chi connectivity index (χ0v) is 13.4. The number of sulfonamides is 1. The first kappa shape index (κ1) is 15.3. The number of nitrogens with zero attached hydrogens (tertiary/aromatic N) is 1. The summed E-state index contributed by atoms with van der Waals surface area (Å²) in [5.41, 5.74) is 0.866. The fraction of sp³-hybridized carbons (Fsp3) is 0.600. The molecule has 2 fully saturated rings. The summed E-state index contributed by atoms with van der Waals surface area (Å²) >= 11 is 6.20. The first-order chi connectivity index (χ1) is 10.1. The highest BCUT2D eigenvalue weighted by atomic mass is 35.5. The van der Waals surface area contributed by atoms with Crippen molar-refractivity contribution in [3.8, 4) is 0 Å². The number of benzene rings is 1. The van der Waals surface area contributed by atoms with E-state index in [4.69, 9.17) is 16.3 Å². The molecule has 3 rings (SSSR count). The maximum Gasteiger partial charge on any atom is 0.217 e. The summed E-state index contributed by atoms with van der Waals surface area (Å²) in [7, 11) is -3.21. The van der Waals surface area contributed by atoms with E-state index in [9.17, 15) is 8.42 Å². The van der Waals surface area contributed by atoms with Crippen LogP contribution in [0.1, 0.15) is 37.4 Å². The number of rotatable bonds is 3. The van der Waals surface area contributed by atoms with E-state index < -0.39 is 10.0 Å². The van der Waals surface area contributed by atoms with E-state index in [0.29, 0.717) is 24.7 Å². The highest BCUT2D eigenvalue weighted by Crippen LogP contribution is 2.32. The van der Waals surface area contributed by atoms with E-state index in [1.54, 1.807) is 4.31 Å². The van der Waals surface area contributed by atoms with Crippen molar-refractivity contribution < 1.29 is 13.2 Å². The Bertz CT molecular complexity index is 599. The van der Waals surface area contributed by atoms with Crippen LogP contribution >= 0.6 is 11.6 Å². The van der Waals surface area contributed by atoms with Crippen LogP contribution in [0.15, 0.2) is 24.3 Å². The molecule has 1 heterocycles. The van der Waals surface area contributed by atoms with Crippen molar-refractivity contribution >= 4 is 21.6 Å². The van der Waals surface area contributed by atoms with Gasteiger partial charge in [-0.3, -0.25) is 0 Å². The van der Waals surface area contributed by atoms with Crippen LogP contribution in [0.4, 0.5) is 0 Å².